The molecular weight excluding hydrogens is 192 g/mol. The Morgan fingerprint density at radius 2 is 1.73 bits per heavy atom. The highest BCUT2D eigenvalue weighted by Gasteiger charge is 2.22. The molecule has 1 unspecified atom stereocenters. The van der Waals surface area contributed by atoms with Crippen molar-refractivity contribution in [3.05, 3.63) is 0 Å². The maximum atomic E-state index is 11.7. The van der Waals surface area contributed by atoms with E-state index in [0.717, 1.165) is 0 Å². The first kappa shape index (κ1) is 14.1. The molecule has 0 heterocycles. The van der Waals surface area contributed by atoms with Gasteiger partial charge in [-0.1, -0.05) is 20.8 Å². The summed E-state index contributed by atoms with van der Waals surface area (Å²) >= 11 is 0. The summed E-state index contributed by atoms with van der Waals surface area (Å²) in [5.41, 5.74) is 0. The Hall–Kier alpha value is -0.900. The van der Waals surface area contributed by atoms with Gasteiger partial charge >= 0.3 is 0 Å². The average molecular weight is 214 g/mol. The monoisotopic (exact) mass is 214 g/mol. The number of ketones is 1. The van der Waals surface area contributed by atoms with Gasteiger partial charge in [0, 0.05) is 6.42 Å². The van der Waals surface area contributed by atoms with Crippen LogP contribution in [0.4, 0.5) is 0 Å². The molecule has 0 aromatic carbocycles. The summed E-state index contributed by atoms with van der Waals surface area (Å²) in [5, 5.41) is 5.65. The topological polar surface area (TPSA) is 58.2 Å². The summed E-state index contributed by atoms with van der Waals surface area (Å²) in [6.07, 6.45) is 0.452. The number of carbonyl (C=O) groups is 2. The summed E-state index contributed by atoms with van der Waals surface area (Å²) < 4.78 is 0. The van der Waals surface area contributed by atoms with Crippen LogP contribution in [0.5, 0.6) is 0 Å². The molecule has 0 aromatic rings. The summed E-state index contributed by atoms with van der Waals surface area (Å²) in [6.45, 7) is 7.44. The van der Waals surface area contributed by atoms with E-state index in [0.29, 0.717) is 6.42 Å². The lowest BCUT2D eigenvalue weighted by Gasteiger charge is -2.21. The van der Waals surface area contributed by atoms with Crippen molar-refractivity contribution in [3.63, 3.8) is 0 Å². The Bertz CT molecular complexity index is 227. The molecule has 0 spiro atoms. The quantitative estimate of drug-likeness (QED) is 0.685. The van der Waals surface area contributed by atoms with E-state index >= 15 is 0 Å². The van der Waals surface area contributed by atoms with Gasteiger partial charge in [0.2, 0.25) is 5.91 Å². The van der Waals surface area contributed by atoms with Crippen LogP contribution in [0.15, 0.2) is 0 Å². The van der Waals surface area contributed by atoms with Crippen LogP contribution in [0.25, 0.3) is 0 Å². The van der Waals surface area contributed by atoms with Crippen molar-refractivity contribution >= 4 is 11.7 Å². The molecule has 0 saturated heterocycles. The highest BCUT2D eigenvalue weighted by molar-refractivity contribution is 5.90. The first-order chi connectivity index (χ1) is 6.93. The minimum Gasteiger partial charge on any atom is -0.345 e. The molecule has 88 valence electrons. The smallest absolute Gasteiger partial charge is 0.237 e. The van der Waals surface area contributed by atoms with Gasteiger partial charge in [0.1, 0.15) is 0 Å². The van der Waals surface area contributed by atoms with Gasteiger partial charge in [0.25, 0.3) is 0 Å². The molecule has 0 rings (SSSR count). The van der Waals surface area contributed by atoms with Crippen LogP contribution in [0.3, 0.4) is 0 Å². The Morgan fingerprint density at radius 3 is 2.07 bits per heavy atom. The number of hydrogen-bond donors (Lipinski definition) is 2. The Kier molecular flexibility index (Phi) is 6.17. The fourth-order valence-corrected chi connectivity index (χ4v) is 1.46. The van der Waals surface area contributed by atoms with E-state index in [-0.39, 0.29) is 23.7 Å². The maximum absolute atomic E-state index is 11.7. The standard InChI is InChI=1S/C11H22N2O2/c1-6-9(14)8(4)13-11(15)10(12-5)7(2)3/h7-8,10,12H,6H2,1-5H3,(H,13,15)/t8-,10?/m0/s1. The van der Waals surface area contributed by atoms with E-state index in [1.165, 1.54) is 0 Å². The van der Waals surface area contributed by atoms with Gasteiger partial charge in [-0.2, -0.15) is 0 Å². The van der Waals surface area contributed by atoms with Crippen LogP contribution >= 0.6 is 0 Å². The molecule has 1 amide bonds. The van der Waals surface area contributed by atoms with Gasteiger partial charge in [0.05, 0.1) is 12.1 Å². The molecule has 2 atom stereocenters. The second-order valence-corrected chi connectivity index (χ2v) is 4.06. The van der Waals surface area contributed by atoms with Crippen LogP contribution < -0.4 is 10.6 Å². The fraction of sp³-hybridized carbons (Fsp3) is 0.818. The van der Waals surface area contributed by atoms with Gasteiger partial charge in [-0.05, 0) is 19.9 Å². The number of nitrogens with one attached hydrogen (secondary N) is 2. The molecule has 0 aliphatic carbocycles. The maximum Gasteiger partial charge on any atom is 0.237 e. The Labute approximate surface area is 91.8 Å². The van der Waals surface area contributed by atoms with Gasteiger partial charge in [-0.3, -0.25) is 9.59 Å². The predicted octanol–water partition coefficient (Wildman–Crippen LogP) is 0.714. The van der Waals surface area contributed by atoms with Crippen molar-refractivity contribution in [2.45, 2.75) is 46.2 Å². The zero-order chi connectivity index (χ0) is 12.0. The minimum absolute atomic E-state index is 0.0574. The lowest BCUT2D eigenvalue weighted by molar-refractivity contribution is -0.129. The zero-order valence-electron chi connectivity index (χ0n) is 10.3. The van der Waals surface area contributed by atoms with Crippen LogP contribution in [-0.2, 0) is 9.59 Å². The van der Waals surface area contributed by atoms with Gasteiger partial charge in [-0.15, -0.1) is 0 Å². The van der Waals surface area contributed by atoms with Crippen molar-refractivity contribution < 1.29 is 9.59 Å². The Morgan fingerprint density at radius 1 is 1.20 bits per heavy atom. The number of amides is 1. The first-order valence-corrected chi connectivity index (χ1v) is 5.44. The SMILES string of the molecule is CCC(=O)[C@H](C)NC(=O)C(NC)C(C)C. The zero-order valence-corrected chi connectivity index (χ0v) is 10.3. The molecule has 15 heavy (non-hydrogen) atoms. The van der Waals surface area contributed by atoms with E-state index < -0.39 is 6.04 Å². The van der Waals surface area contributed by atoms with Crippen molar-refractivity contribution in [1.82, 2.24) is 10.6 Å². The van der Waals surface area contributed by atoms with Crippen LogP contribution in [0.2, 0.25) is 0 Å². The lowest BCUT2D eigenvalue weighted by atomic mass is 10.0. The van der Waals surface area contributed by atoms with E-state index in [1.54, 1.807) is 20.9 Å². The van der Waals surface area contributed by atoms with Crippen LogP contribution in [-0.4, -0.2) is 30.8 Å². The minimum atomic E-state index is -0.392. The number of likely N-dealkylation sites (N-methyl/N-ethyl adjacent to an activating group) is 1. The number of Topliss-reactive ketones (excluding diaryl/α,β-unsaturated/α-hetero) is 1. The van der Waals surface area contributed by atoms with E-state index in [4.69, 9.17) is 0 Å². The number of hydrogen-bond acceptors (Lipinski definition) is 3. The second-order valence-electron chi connectivity index (χ2n) is 4.06. The van der Waals surface area contributed by atoms with Gasteiger partial charge < -0.3 is 10.6 Å². The average Bonchev–Trinajstić information content (AvgIpc) is 2.16. The van der Waals surface area contributed by atoms with Crippen molar-refractivity contribution in [2.75, 3.05) is 7.05 Å². The summed E-state index contributed by atoms with van der Waals surface area (Å²) in [6, 6.07) is -0.630. The highest BCUT2D eigenvalue weighted by atomic mass is 16.2. The molecule has 0 saturated carbocycles. The molecule has 4 nitrogen and oxygen atoms in total. The second kappa shape index (κ2) is 6.56. The lowest BCUT2D eigenvalue weighted by Crippen LogP contribution is -2.50. The first-order valence-electron chi connectivity index (χ1n) is 5.44. The summed E-state index contributed by atoms with van der Waals surface area (Å²) in [4.78, 5) is 23.0. The van der Waals surface area contributed by atoms with E-state index in [2.05, 4.69) is 10.6 Å². The predicted molar refractivity (Wildman–Crippen MR) is 60.6 cm³/mol. The van der Waals surface area contributed by atoms with Crippen molar-refractivity contribution in [2.24, 2.45) is 5.92 Å². The van der Waals surface area contributed by atoms with Gasteiger partial charge in [0.15, 0.2) is 5.78 Å². The van der Waals surface area contributed by atoms with Crippen LogP contribution in [0, 0.1) is 5.92 Å². The third kappa shape index (κ3) is 4.42. The molecule has 0 fully saturated rings. The molecule has 0 aliphatic heterocycles. The molecule has 0 aromatic heterocycles. The van der Waals surface area contributed by atoms with Crippen molar-refractivity contribution in [1.29, 1.82) is 0 Å². The van der Waals surface area contributed by atoms with E-state index in [9.17, 15) is 9.59 Å². The fourth-order valence-electron chi connectivity index (χ4n) is 1.46. The summed E-state index contributed by atoms with van der Waals surface area (Å²) in [5.74, 6) is 0.155. The highest BCUT2D eigenvalue weighted by Crippen LogP contribution is 2.01. The third-order valence-electron chi connectivity index (χ3n) is 2.45. The largest absolute Gasteiger partial charge is 0.345 e. The third-order valence-corrected chi connectivity index (χ3v) is 2.45. The number of rotatable bonds is 6. The van der Waals surface area contributed by atoms with Crippen LogP contribution in [0.1, 0.15) is 34.1 Å². The van der Waals surface area contributed by atoms with Gasteiger partial charge in [-0.25, -0.2) is 0 Å². The summed E-state index contributed by atoms with van der Waals surface area (Å²) in [7, 11) is 1.75. The van der Waals surface area contributed by atoms with E-state index in [1.807, 2.05) is 13.8 Å². The van der Waals surface area contributed by atoms with Crippen molar-refractivity contribution in [3.8, 4) is 0 Å². The molecule has 2 N–H and O–H groups in total. The normalized spacial score (nSPS) is 14.8. The number of carbonyl (C=O) groups excluding carboxylic acids is 2. The molecule has 4 heteroatoms. The molecule has 0 aliphatic rings. The Balaban J connectivity index is 4.28. The molecule has 0 bridgehead atoms. The molecular formula is C11H22N2O2. The molecule has 0 radical (unpaired) electrons.